The Morgan fingerprint density at radius 3 is 2.89 bits per heavy atom. The molecule has 2 heterocycles. The molecule has 3 N–H and O–H groups in total. The fourth-order valence-electron chi connectivity index (χ4n) is 1.60. The third-order valence-corrected chi connectivity index (χ3v) is 3.46. The molecule has 0 radical (unpaired) electrons. The summed E-state index contributed by atoms with van der Waals surface area (Å²) < 4.78 is 0. The van der Waals surface area contributed by atoms with Gasteiger partial charge in [0, 0.05) is 29.9 Å². The Morgan fingerprint density at radius 1 is 1.37 bits per heavy atom. The molecule has 0 saturated carbocycles. The number of amides is 1. The Bertz CT molecular complexity index is 526. The van der Waals surface area contributed by atoms with Crippen molar-refractivity contribution in [2.24, 2.45) is 5.73 Å². The van der Waals surface area contributed by atoms with Crippen LogP contribution in [-0.4, -0.2) is 22.4 Å². The number of nitrogens with two attached hydrogens (primary N) is 1. The van der Waals surface area contributed by atoms with Gasteiger partial charge in [-0.05, 0) is 25.1 Å². The molecule has 100 valence electrons. The smallest absolute Gasteiger partial charge is 0.230 e. The molecule has 0 saturated heterocycles. The average molecular weight is 276 g/mol. The molecule has 0 bridgehead atoms. The number of pyridine rings is 1. The molecule has 19 heavy (non-hydrogen) atoms. The Balaban J connectivity index is 1.86. The fourth-order valence-corrected chi connectivity index (χ4v) is 2.44. The SMILES string of the molecule is NCCCc1nc(CC(=O)Nc2ccncc2)cs1. The zero-order valence-corrected chi connectivity index (χ0v) is 11.3. The van der Waals surface area contributed by atoms with Crippen molar-refractivity contribution in [3.8, 4) is 0 Å². The van der Waals surface area contributed by atoms with Gasteiger partial charge in [-0.3, -0.25) is 9.78 Å². The molecule has 0 aliphatic rings. The molecule has 5 nitrogen and oxygen atoms in total. The summed E-state index contributed by atoms with van der Waals surface area (Å²) in [6.07, 6.45) is 5.39. The molecule has 2 aromatic rings. The minimum Gasteiger partial charge on any atom is -0.330 e. The second-order valence-corrected chi connectivity index (χ2v) is 5.03. The van der Waals surface area contributed by atoms with Gasteiger partial charge in [0.05, 0.1) is 17.1 Å². The quantitative estimate of drug-likeness (QED) is 0.840. The van der Waals surface area contributed by atoms with Gasteiger partial charge in [0.25, 0.3) is 0 Å². The topological polar surface area (TPSA) is 80.9 Å². The summed E-state index contributed by atoms with van der Waals surface area (Å²) in [4.78, 5) is 20.1. The van der Waals surface area contributed by atoms with E-state index in [9.17, 15) is 4.79 Å². The second-order valence-electron chi connectivity index (χ2n) is 4.09. The summed E-state index contributed by atoms with van der Waals surface area (Å²) in [6, 6.07) is 3.51. The molecule has 0 spiro atoms. The van der Waals surface area contributed by atoms with Crippen molar-refractivity contribution in [3.63, 3.8) is 0 Å². The van der Waals surface area contributed by atoms with Crippen molar-refractivity contribution >= 4 is 22.9 Å². The Hall–Kier alpha value is -1.79. The van der Waals surface area contributed by atoms with Crippen LogP contribution in [0.2, 0.25) is 0 Å². The molecule has 0 fully saturated rings. The van der Waals surface area contributed by atoms with Gasteiger partial charge in [-0.25, -0.2) is 4.98 Å². The predicted molar refractivity (Wildman–Crippen MR) is 76.1 cm³/mol. The second kappa shape index (κ2) is 6.96. The standard InChI is InChI=1S/C13H16N4OS/c14-5-1-2-13-17-11(9-19-13)8-12(18)16-10-3-6-15-7-4-10/h3-4,6-7,9H,1-2,5,8,14H2,(H,15,16,18). The summed E-state index contributed by atoms with van der Waals surface area (Å²) in [5.41, 5.74) is 7.02. The first-order chi connectivity index (χ1) is 9.28. The van der Waals surface area contributed by atoms with Crippen LogP contribution in [0.4, 0.5) is 5.69 Å². The minimum absolute atomic E-state index is 0.0677. The van der Waals surface area contributed by atoms with E-state index in [-0.39, 0.29) is 5.91 Å². The Kier molecular flexibility index (Phi) is 5.00. The Labute approximate surface area is 115 Å². The molecule has 2 aromatic heterocycles. The number of hydrogen-bond donors (Lipinski definition) is 2. The zero-order valence-electron chi connectivity index (χ0n) is 10.5. The number of nitrogens with one attached hydrogen (secondary N) is 1. The van der Waals surface area contributed by atoms with Gasteiger partial charge in [0.2, 0.25) is 5.91 Å². The number of aromatic nitrogens is 2. The first-order valence-corrected chi connectivity index (χ1v) is 6.99. The monoisotopic (exact) mass is 276 g/mol. The van der Waals surface area contributed by atoms with E-state index in [0.717, 1.165) is 29.2 Å². The largest absolute Gasteiger partial charge is 0.330 e. The van der Waals surface area contributed by atoms with Crippen LogP contribution in [0.15, 0.2) is 29.9 Å². The number of hydrogen-bond acceptors (Lipinski definition) is 5. The molecular weight excluding hydrogens is 260 g/mol. The van der Waals surface area contributed by atoms with E-state index in [1.165, 1.54) is 0 Å². The van der Waals surface area contributed by atoms with E-state index < -0.39 is 0 Å². The normalized spacial score (nSPS) is 10.4. The number of thiazole rings is 1. The van der Waals surface area contributed by atoms with Crippen molar-refractivity contribution in [3.05, 3.63) is 40.6 Å². The zero-order chi connectivity index (χ0) is 13.5. The van der Waals surface area contributed by atoms with Crippen molar-refractivity contribution < 1.29 is 4.79 Å². The molecule has 1 amide bonds. The number of nitrogens with zero attached hydrogens (tertiary/aromatic N) is 2. The first kappa shape index (κ1) is 13.6. The van der Waals surface area contributed by atoms with Crippen molar-refractivity contribution in [2.45, 2.75) is 19.3 Å². The lowest BCUT2D eigenvalue weighted by atomic mass is 10.3. The number of carbonyl (C=O) groups excluding carboxylic acids is 1. The van der Waals surface area contributed by atoms with Gasteiger partial charge in [-0.15, -0.1) is 11.3 Å². The molecule has 0 aliphatic carbocycles. The molecular formula is C13H16N4OS. The maximum Gasteiger partial charge on any atom is 0.230 e. The van der Waals surface area contributed by atoms with E-state index in [0.29, 0.717) is 13.0 Å². The number of aryl methyl sites for hydroxylation is 1. The maximum absolute atomic E-state index is 11.8. The van der Waals surface area contributed by atoms with Crippen LogP contribution in [0.3, 0.4) is 0 Å². The van der Waals surface area contributed by atoms with Crippen LogP contribution in [0.5, 0.6) is 0 Å². The minimum atomic E-state index is -0.0677. The van der Waals surface area contributed by atoms with Crippen molar-refractivity contribution in [2.75, 3.05) is 11.9 Å². The average Bonchev–Trinajstić information content (AvgIpc) is 2.85. The Morgan fingerprint density at radius 2 is 2.16 bits per heavy atom. The fraction of sp³-hybridized carbons (Fsp3) is 0.308. The molecule has 0 aromatic carbocycles. The van der Waals surface area contributed by atoms with Gasteiger partial charge >= 0.3 is 0 Å². The highest BCUT2D eigenvalue weighted by Gasteiger charge is 2.07. The van der Waals surface area contributed by atoms with Crippen molar-refractivity contribution in [1.29, 1.82) is 0 Å². The van der Waals surface area contributed by atoms with Crippen LogP contribution in [0, 0.1) is 0 Å². The van der Waals surface area contributed by atoms with E-state index in [1.807, 2.05) is 5.38 Å². The third-order valence-electron chi connectivity index (χ3n) is 2.50. The van der Waals surface area contributed by atoms with Gasteiger partial charge < -0.3 is 11.1 Å². The lowest BCUT2D eigenvalue weighted by Crippen LogP contribution is -2.14. The number of anilines is 1. The van der Waals surface area contributed by atoms with E-state index in [2.05, 4.69) is 15.3 Å². The predicted octanol–water partition coefficient (Wildman–Crippen LogP) is 1.61. The lowest BCUT2D eigenvalue weighted by Gasteiger charge is -2.02. The summed E-state index contributed by atoms with van der Waals surface area (Å²) in [5, 5.41) is 5.78. The first-order valence-electron chi connectivity index (χ1n) is 6.11. The van der Waals surface area contributed by atoms with Gasteiger partial charge in [0.15, 0.2) is 0 Å². The molecule has 0 atom stereocenters. The molecule has 2 rings (SSSR count). The van der Waals surface area contributed by atoms with Crippen LogP contribution < -0.4 is 11.1 Å². The molecule has 0 aliphatic heterocycles. The summed E-state index contributed by atoms with van der Waals surface area (Å²) in [6.45, 7) is 0.664. The van der Waals surface area contributed by atoms with Crippen LogP contribution in [0.25, 0.3) is 0 Å². The highest BCUT2D eigenvalue weighted by molar-refractivity contribution is 7.09. The number of rotatable bonds is 6. The van der Waals surface area contributed by atoms with Gasteiger partial charge in [-0.2, -0.15) is 0 Å². The third kappa shape index (κ3) is 4.42. The van der Waals surface area contributed by atoms with E-state index in [4.69, 9.17) is 5.73 Å². The highest BCUT2D eigenvalue weighted by Crippen LogP contribution is 2.13. The van der Waals surface area contributed by atoms with Crippen molar-refractivity contribution in [1.82, 2.24) is 9.97 Å². The maximum atomic E-state index is 11.8. The van der Waals surface area contributed by atoms with Gasteiger partial charge in [0.1, 0.15) is 0 Å². The molecule has 0 unspecified atom stereocenters. The van der Waals surface area contributed by atoms with Crippen LogP contribution >= 0.6 is 11.3 Å². The highest BCUT2D eigenvalue weighted by atomic mass is 32.1. The lowest BCUT2D eigenvalue weighted by molar-refractivity contribution is -0.115. The van der Waals surface area contributed by atoms with Crippen LogP contribution in [-0.2, 0) is 17.6 Å². The van der Waals surface area contributed by atoms with E-state index in [1.54, 1.807) is 35.9 Å². The summed E-state index contributed by atoms with van der Waals surface area (Å²) >= 11 is 1.58. The van der Waals surface area contributed by atoms with Gasteiger partial charge in [-0.1, -0.05) is 0 Å². The van der Waals surface area contributed by atoms with E-state index >= 15 is 0 Å². The van der Waals surface area contributed by atoms with Crippen LogP contribution in [0.1, 0.15) is 17.1 Å². The summed E-state index contributed by atoms with van der Waals surface area (Å²) in [7, 11) is 0. The summed E-state index contributed by atoms with van der Waals surface area (Å²) in [5.74, 6) is -0.0677. The molecule has 6 heteroatoms. The number of carbonyl (C=O) groups is 1.